The number of carbonyl (C=O) groups is 1. The van der Waals surface area contributed by atoms with E-state index in [4.69, 9.17) is 0 Å². The third-order valence-corrected chi connectivity index (χ3v) is 6.79. The van der Waals surface area contributed by atoms with Gasteiger partial charge in [-0.15, -0.1) is 0 Å². The van der Waals surface area contributed by atoms with Gasteiger partial charge in [0.25, 0.3) is 0 Å². The van der Waals surface area contributed by atoms with Gasteiger partial charge in [-0.05, 0) is 49.2 Å². The quantitative estimate of drug-likeness (QED) is 0.369. The molecule has 11 heteroatoms. The van der Waals surface area contributed by atoms with Gasteiger partial charge >= 0.3 is 11.9 Å². The van der Waals surface area contributed by atoms with Crippen molar-refractivity contribution in [2.24, 2.45) is 0 Å². The molecule has 37 heavy (non-hydrogen) atoms. The number of likely N-dealkylation sites (tertiary alicyclic amines) is 1. The molecule has 4 aromatic heterocycles. The predicted octanol–water partition coefficient (Wildman–Crippen LogP) is 4.06. The molecule has 5 aromatic rings. The number of alkyl halides is 3. The fraction of sp³-hybridized carbons (Fsp3) is 0.231. The maximum Gasteiger partial charge on any atom is 0.408 e. The molecular formula is C26H21F3N6O2. The summed E-state index contributed by atoms with van der Waals surface area (Å²) < 4.78 is 44.6. The van der Waals surface area contributed by atoms with E-state index in [0.717, 1.165) is 16.0 Å². The van der Waals surface area contributed by atoms with Gasteiger partial charge in [-0.3, -0.25) is 18.9 Å². The molecule has 1 aromatic carbocycles. The Morgan fingerprint density at radius 3 is 2.49 bits per heavy atom. The zero-order valence-corrected chi connectivity index (χ0v) is 19.5. The lowest BCUT2D eigenvalue weighted by Crippen LogP contribution is -2.46. The van der Waals surface area contributed by atoms with Gasteiger partial charge in [0.2, 0.25) is 5.91 Å². The van der Waals surface area contributed by atoms with Gasteiger partial charge < -0.3 is 4.90 Å². The number of nitrogens with zero attached hydrogens (tertiary/aromatic N) is 6. The van der Waals surface area contributed by atoms with Crippen molar-refractivity contribution in [3.05, 3.63) is 83.7 Å². The van der Waals surface area contributed by atoms with Crippen molar-refractivity contribution >= 4 is 22.5 Å². The number of benzene rings is 1. The van der Waals surface area contributed by atoms with Crippen LogP contribution in [0.2, 0.25) is 0 Å². The molecule has 8 nitrogen and oxygen atoms in total. The molecule has 1 amide bonds. The van der Waals surface area contributed by atoms with E-state index < -0.39 is 30.4 Å². The fourth-order valence-electron chi connectivity index (χ4n) is 5.05. The molecule has 0 aliphatic carbocycles. The van der Waals surface area contributed by atoms with Gasteiger partial charge in [0.1, 0.15) is 12.6 Å². The molecule has 1 saturated heterocycles. The number of halogens is 3. The van der Waals surface area contributed by atoms with E-state index in [1.807, 2.05) is 24.4 Å². The second kappa shape index (κ2) is 8.61. The number of amides is 1. The van der Waals surface area contributed by atoms with Crippen LogP contribution in [-0.2, 0) is 11.3 Å². The van der Waals surface area contributed by atoms with E-state index in [1.54, 1.807) is 53.3 Å². The van der Waals surface area contributed by atoms with Crippen molar-refractivity contribution in [3.8, 4) is 16.9 Å². The van der Waals surface area contributed by atoms with Crippen molar-refractivity contribution in [1.82, 2.24) is 28.6 Å². The molecule has 0 unspecified atom stereocenters. The van der Waals surface area contributed by atoms with Gasteiger partial charge in [-0.1, -0.05) is 18.2 Å². The highest BCUT2D eigenvalue weighted by atomic mass is 19.4. The maximum atomic E-state index is 13.5. The summed E-state index contributed by atoms with van der Waals surface area (Å²) in [5.74, 6) is -0.730. The Hall–Kier alpha value is -4.41. The second-order valence-corrected chi connectivity index (χ2v) is 8.97. The summed E-state index contributed by atoms with van der Waals surface area (Å²) in [5, 5.41) is 4.33. The van der Waals surface area contributed by atoms with Crippen LogP contribution in [0.4, 0.5) is 13.2 Å². The van der Waals surface area contributed by atoms with Crippen LogP contribution in [0.25, 0.3) is 33.5 Å². The monoisotopic (exact) mass is 506 g/mol. The fourth-order valence-corrected chi connectivity index (χ4v) is 5.05. The first-order chi connectivity index (χ1) is 17.8. The van der Waals surface area contributed by atoms with E-state index in [9.17, 15) is 22.8 Å². The van der Waals surface area contributed by atoms with Crippen LogP contribution in [0.3, 0.4) is 0 Å². The number of para-hydroxylation sites is 2. The molecule has 1 aliphatic heterocycles. The van der Waals surface area contributed by atoms with Gasteiger partial charge in [0, 0.05) is 18.3 Å². The molecule has 0 spiro atoms. The maximum absolute atomic E-state index is 13.5. The van der Waals surface area contributed by atoms with E-state index in [-0.39, 0.29) is 19.4 Å². The van der Waals surface area contributed by atoms with Crippen molar-refractivity contribution in [1.29, 1.82) is 0 Å². The Kier molecular flexibility index (Phi) is 5.36. The second-order valence-electron chi connectivity index (χ2n) is 8.97. The standard InChI is InChI=1S/C26H21F3N6O2/c27-26(28,29)23-9-5-12-32(23)24(36)16-33-21-7-1-2-8-22(21)35(25(33)37)17-10-11-19(30-14-17)18-15-31-34-13-4-3-6-20(18)34/h1-4,6-8,10-11,13-15,23H,5,9,12,16H2/t23-/m0/s1. The van der Waals surface area contributed by atoms with Gasteiger partial charge in [0.05, 0.1) is 40.3 Å². The number of aromatic nitrogens is 5. The molecule has 0 saturated carbocycles. The normalized spacial score (nSPS) is 16.2. The van der Waals surface area contributed by atoms with E-state index in [2.05, 4.69) is 10.1 Å². The summed E-state index contributed by atoms with van der Waals surface area (Å²) in [7, 11) is 0. The van der Waals surface area contributed by atoms with Crippen LogP contribution < -0.4 is 5.69 Å². The van der Waals surface area contributed by atoms with Crippen LogP contribution in [0.15, 0.2) is 78.0 Å². The molecule has 0 N–H and O–H groups in total. The minimum absolute atomic E-state index is 0.0192. The number of rotatable bonds is 4. The van der Waals surface area contributed by atoms with Gasteiger partial charge in [0.15, 0.2) is 0 Å². The number of imidazole rings is 1. The third-order valence-electron chi connectivity index (χ3n) is 6.79. The lowest BCUT2D eigenvalue weighted by Gasteiger charge is -2.26. The summed E-state index contributed by atoms with van der Waals surface area (Å²) in [6.07, 6.45) is 0.755. The Bertz CT molecular complexity index is 1680. The SMILES string of the molecule is O=C(Cn1c(=O)n(-c2ccc(-c3cnn4ccccc34)nc2)c2ccccc21)N1CCC[C@H]1C(F)(F)F. The van der Waals surface area contributed by atoms with Gasteiger partial charge in [-0.2, -0.15) is 18.3 Å². The van der Waals surface area contributed by atoms with Crippen molar-refractivity contribution in [3.63, 3.8) is 0 Å². The number of fused-ring (bicyclic) bond motifs is 2. The molecule has 0 bridgehead atoms. The lowest BCUT2D eigenvalue weighted by atomic mass is 10.2. The third kappa shape index (κ3) is 3.87. The first-order valence-electron chi connectivity index (χ1n) is 11.8. The lowest BCUT2D eigenvalue weighted by molar-refractivity contribution is -0.182. The number of hydrogen-bond acceptors (Lipinski definition) is 4. The van der Waals surface area contributed by atoms with Crippen molar-refractivity contribution in [2.75, 3.05) is 6.54 Å². The van der Waals surface area contributed by atoms with Crippen molar-refractivity contribution in [2.45, 2.75) is 31.6 Å². The van der Waals surface area contributed by atoms with E-state index in [1.165, 1.54) is 9.13 Å². The van der Waals surface area contributed by atoms with Crippen LogP contribution in [0.1, 0.15) is 12.8 Å². The Morgan fingerprint density at radius 2 is 1.73 bits per heavy atom. The largest absolute Gasteiger partial charge is 0.408 e. The van der Waals surface area contributed by atoms with Crippen LogP contribution in [-0.4, -0.2) is 53.3 Å². The molecule has 1 fully saturated rings. The highest BCUT2D eigenvalue weighted by Gasteiger charge is 2.47. The van der Waals surface area contributed by atoms with E-state index >= 15 is 0 Å². The number of hydrogen-bond donors (Lipinski definition) is 0. The Balaban J connectivity index is 1.37. The summed E-state index contributed by atoms with van der Waals surface area (Å²) in [6, 6.07) is 14.3. The Morgan fingerprint density at radius 1 is 0.973 bits per heavy atom. The predicted molar refractivity (Wildman–Crippen MR) is 130 cm³/mol. The Labute approximate surface area is 208 Å². The molecule has 1 atom stereocenters. The molecule has 6 rings (SSSR count). The average molecular weight is 506 g/mol. The van der Waals surface area contributed by atoms with Crippen LogP contribution >= 0.6 is 0 Å². The minimum Gasteiger partial charge on any atom is -0.329 e. The zero-order chi connectivity index (χ0) is 25.7. The smallest absolute Gasteiger partial charge is 0.329 e. The molecular weight excluding hydrogens is 485 g/mol. The first kappa shape index (κ1) is 23.0. The molecule has 5 heterocycles. The molecule has 188 valence electrons. The number of pyridine rings is 2. The van der Waals surface area contributed by atoms with Crippen LogP contribution in [0, 0.1) is 0 Å². The molecule has 1 aliphatic rings. The zero-order valence-electron chi connectivity index (χ0n) is 19.5. The summed E-state index contributed by atoms with van der Waals surface area (Å²) in [6.45, 7) is -0.460. The number of carbonyl (C=O) groups excluding carboxylic acids is 1. The summed E-state index contributed by atoms with van der Waals surface area (Å²) in [5.41, 5.74) is 3.32. The highest BCUT2D eigenvalue weighted by molar-refractivity contribution is 5.83. The summed E-state index contributed by atoms with van der Waals surface area (Å²) >= 11 is 0. The molecule has 0 radical (unpaired) electrons. The minimum atomic E-state index is -4.50. The highest BCUT2D eigenvalue weighted by Crippen LogP contribution is 2.33. The van der Waals surface area contributed by atoms with Crippen molar-refractivity contribution < 1.29 is 18.0 Å². The van der Waals surface area contributed by atoms with Crippen LogP contribution in [0.5, 0.6) is 0 Å². The summed E-state index contributed by atoms with van der Waals surface area (Å²) in [4.78, 5) is 31.8. The van der Waals surface area contributed by atoms with Gasteiger partial charge in [-0.25, -0.2) is 9.31 Å². The van der Waals surface area contributed by atoms with E-state index in [0.29, 0.717) is 22.4 Å². The topological polar surface area (TPSA) is 77.4 Å². The average Bonchev–Trinajstić information content (AvgIpc) is 3.61. The first-order valence-corrected chi connectivity index (χ1v) is 11.8.